The third-order valence-electron chi connectivity index (χ3n) is 3.89. The number of methoxy groups -OCH3 is 1. The lowest BCUT2D eigenvalue weighted by molar-refractivity contribution is -0.138. The second-order valence-electron chi connectivity index (χ2n) is 6.05. The van der Waals surface area contributed by atoms with Crippen LogP contribution in [0, 0.1) is 5.92 Å². The van der Waals surface area contributed by atoms with Gasteiger partial charge in [-0.05, 0) is 18.8 Å². The molecule has 0 aliphatic carbocycles. The number of nitrogens with zero attached hydrogens (tertiary/aromatic N) is 4. The third-order valence-corrected chi connectivity index (χ3v) is 3.89. The molecule has 1 aliphatic heterocycles. The molecule has 2 heterocycles. The molecule has 2 rings (SSSR count). The van der Waals surface area contributed by atoms with Crippen molar-refractivity contribution >= 4 is 17.9 Å². The minimum absolute atomic E-state index is 0.100. The van der Waals surface area contributed by atoms with Crippen molar-refractivity contribution in [1.29, 1.82) is 0 Å². The number of hydrogen-bond acceptors (Lipinski definition) is 7. The molecule has 0 saturated carbocycles. The zero-order valence-electron chi connectivity index (χ0n) is 13.9. The summed E-state index contributed by atoms with van der Waals surface area (Å²) >= 11 is 0. The summed E-state index contributed by atoms with van der Waals surface area (Å²) in [6.45, 7) is 5.44. The fourth-order valence-electron chi connectivity index (χ4n) is 2.57. The van der Waals surface area contributed by atoms with Gasteiger partial charge in [0.25, 0.3) is 0 Å². The summed E-state index contributed by atoms with van der Waals surface area (Å²) in [6, 6.07) is -0.575. The van der Waals surface area contributed by atoms with E-state index in [2.05, 4.69) is 25.2 Å². The van der Waals surface area contributed by atoms with Crippen molar-refractivity contribution in [3.8, 4) is 6.01 Å². The lowest BCUT2D eigenvalue weighted by Crippen LogP contribution is -2.35. The molecule has 1 aromatic rings. The van der Waals surface area contributed by atoms with E-state index in [1.807, 2.05) is 13.8 Å². The van der Waals surface area contributed by atoms with Crippen LogP contribution in [-0.4, -0.2) is 52.3 Å². The topological polar surface area (TPSA) is 100 Å². The van der Waals surface area contributed by atoms with Crippen molar-refractivity contribution in [3.63, 3.8) is 0 Å². The van der Waals surface area contributed by atoms with E-state index >= 15 is 0 Å². The van der Waals surface area contributed by atoms with Crippen molar-refractivity contribution in [2.45, 2.75) is 45.6 Å². The van der Waals surface area contributed by atoms with Crippen molar-refractivity contribution in [2.75, 3.05) is 30.4 Å². The number of ether oxygens (including phenoxy) is 1. The first kappa shape index (κ1) is 17.2. The molecule has 1 saturated heterocycles. The predicted octanol–water partition coefficient (Wildman–Crippen LogP) is 1.78. The maximum absolute atomic E-state index is 11.4. The highest BCUT2D eigenvalue weighted by atomic mass is 16.5. The highest BCUT2D eigenvalue weighted by molar-refractivity contribution is 5.76. The van der Waals surface area contributed by atoms with Crippen LogP contribution in [0.2, 0.25) is 0 Å². The largest absolute Gasteiger partial charge is 0.480 e. The number of aromatic nitrogens is 3. The smallest absolute Gasteiger partial charge is 0.326 e. The van der Waals surface area contributed by atoms with Crippen LogP contribution in [0.4, 0.5) is 11.9 Å². The average molecular weight is 323 g/mol. The Morgan fingerprint density at radius 1 is 1.17 bits per heavy atom. The molecule has 8 heteroatoms. The molecule has 0 amide bonds. The maximum atomic E-state index is 11.4. The molecule has 1 atom stereocenters. The lowest BCUT2D eigenvalue weighted by Gasteiger charge is -2.22. The standard InChI is InChI=1S/C15H25N5O3/c1-10(2)11(12(21)22)16-13-17-14(19-15(18-13)23-3)20-8-6-4-5-7-9-20/h10-11H,4-9H2,1-3H3,(H,21,22)(H,16,17,18,19)/t11-/m1/s1. The molecule has 23 heavy (non-hydrogen) atoms. The van der Waals surface area contributed by atoms with Gasteiger partial charge in [-0.15, -0.1) is 0 Å². The van der Waals surface area contributed by atoms with Gasteiger partial charge in [0, 0.05) is 13.1 Å². The fraction of sp³-hybridized carbons (Fsp3) is 0.733. The van der Waals surface area contributed by atoms with Crippen LogP contribution in [0.1, 0.15) is 39.5 Å². The van der Waals surface area contributed by atoms with Gasteiger partial charge in [0.05, 0.1) is 7.11 Å². The lowest BCUT2D eigenvalue weighted by atomic mass is 10.1. The number of carboxylic acid groups (broad SMARTS) is 1. The molecule has 128 valence electrons. The number of nitrogens with one attached hydrogen (secondary N) is 1. The summed E-state index contributed by atoms with van der Waals surface area (Å²) in [6.07, 6.45) is 4.61. The van der Waals surface area contributed by atoms with Gasteiger partial charge in [0.1, 0.15) is 6.04 Å². The molecule has 1 fully saturated rings. The normalized spacial score (nSPS) is 16.8. The van der Waals surface area contributed by atoms with E-state index in [1.165, 1.54) is 20.0 Å². The molecular weight excluding hydrogens is 298 g/mol. The van der Waals surface area contributed by atoms with E-state index < -0.39 is 12.0 Å². The first-order chi connectivity index (χ1) is 11.0. The van der Waals surface area contributed by atoms with Gasteiger partial charge in [-0.2, -0.15) is 15.0 Å². The molecule has 0 radical (unpaired) electrons. The molecule has 1 aromatic heterocycles. The zero-order valence-corrected chi connectivity index (χ0v) is 13.9. The summed E-state index contributed by atoms with van der Waals surface area (Å²) in [7, 11) is 1.49. The van der Waals surface area contributed by atoms with Gasteiger partial charge < -0.3 is 20.1 Å². The van der Waals surface area contributed by atoms with Crippen molar-refractivity contribution < 1.29 is 14.6 Å². The van der Waals surface area contributed by atoms with Gasteiger partial charge in [-0.1, -0.05) is 26.7 Å². The van der Waals surface area contributed by atoms with Gasteiger partial charge in [-0.25, -0.2) is 4.79 Å². The van der Waals surface area contributed by atoms with Gasteiger partial charge in [-0.3, -0.25) is 0 Å². The molecule has 0 spiro atoms. The Balaban J connectivity index is 2.25. The Kier molecular flexibility index (Phi) is 5.95. The van der Waals surface area contributed by atoms with Gasteiger partial charge >= 0.3 is 12.0 Å². The number of hydrogen-bond donors (Lipinski definition) is 2. The van der Waals surface area contributed by atoms with Crippen LogP contribution in [0.5, 0.6) is 6.01 Å². The molecular formula is C15H25N5O3. The molecule has 0 bridgehead atoms. The summed E-state index contributed by atoms with van der Waals surface area (Å²) in [5.41, 5.74) is 0. The Morgan fingerprint density at radius 2 is 1.83 bits per heavy atom. The highest BCUT2D eigenvalue weighted by Gasteiger charge is 2.24. The van der Waals surface area contributed by atoms with E-state index in [9.17, 15) is 9.90 Å². The van der Waals surface area contributed by atoms with E-state index in [0.717, 1.165) is 25.9 Å². The minimum atomic E-state index is -0.935. The minimum Gasteiger partial charge on any atom is -0.480 e. The van der Waals surface area contributed by atoms with Crippen LogP contribution < -0.4 is 15.0 Å². The van der Waals surface area contributed by atoms with Crippen LogP contribution in [0.3, 0.4) is 0 Å². The molecule has 2 N–H and O–H groups in total. The Hall–Kier alpha value is -2.12. The summed E-state index contributed by atoms with van der Waals surface area (Å²) in [5.74, 6) is -0.265. The fourth-order valence-corrected chi connectivity index (χ4v) is 2.57. The quantitative estimate of drug-likeness (QED) is 0.817. The van der Waals surface area contributed by atoms with Crippen molar-refractivity contribution in [3.05, 3.63) is 0 Å². The summed E-state index contributed by atoms with van der Waals surface area (Å²) in [5, 5.41) is 12.2. The van der Waals surface area contributed by atoms with Crippen LogP contribution in [0.15, 0.2) is 0 Å². The van der Waals surface area contributed by atoms with Gasteiger partial charge in [0.2, 0.25) is 11.9 Å². The van der Waals surface area contributed by atoms with E-state index in [-0.39, 0.29) is 17.9 Å². The van der Waals surface area contributed by atoms with Crippen LogP contribution >= 0.6 is 0 Å². The molecule has 8 nitrogen and oxygen atoms in total. The molecule has 1 aliphatic rings. The second-order valence-corrected chi connectivity index (χ2v) is 6.05. The predicted molar refractivity (Wildman–Crippen MR) is 86.9 cm³/mol. The monoisotopic (exact) mass is 323 g/mol. The Labute approximate surface area is 136 Å². The average Bonchev–Trinajstić information content (AvgIpc) is 2.81. The molecule has 0 unspecified atom stereocenters. The number of carbonyl (C=O) groups is 1. The first-order valence-corrected chi connectivity index (χ1v) is 8.05. The SMILES string of the molecule is COc1nc(N[C@@H](C(=O)O)C(C)C)nc(N2CCCCCC2)n1. The second kappa shape index (κ2) is 7.94. The zero-order chi connectivity index (χ0) is 16.8. The summed E-state index contributed by atoms with van der Waals surface area (Å²) < 4.78 is 5.14. The maximum Gasteiger partial charge on any atom is 0.326 e. The van der Waals surface area contributed by atoms with Crippen LogP contribution in [-0.2, 0) is 4.79 Å². The number of rotatable bonds is 6. The van der Waals surface area contributed by atoms with E-state index in [0.29, 0.717) is 5.95 Å². The number of anilines is 2. The highest BCUT2D eigenvalue weighted by Crippen LogP contribution is 2.20. The Bertz CT molecular complexity index is 530. The first-order valence-electron chi connectivity index (χ1n) is 8.05. The van der Waals surface area contributed by atoms with E-state index in [1.54, 1.807) is 0 Å². The van der Waals surface area contributed by atoms with Crippen LogP contribution in [0.25, 0.3) is 0 Å². The van der Waals surface area contributed by atoms with Gasteiger partial charge in [0.15, 0.2) is 0 Å². The number of aliphatic carboxylic acids is 1. The summed E-state index contributed by atoms with van der Waals surface area (Å²) in [4.78, 5) is 26.3. The molecule has 0 aromatic carbocycles. The van der Waals surface area contributed by atoms with Crippen molar-refractivity contribution in [2.24, 2.45) is 5.92 Å². The Morgan fingerprint density at radius 3 is 2.35 bits per heavy atom. The van der Waals surface area contributed by atoms with Crippen molar-refractivity contribution in [1.82, 2.24) is 15.0 Å². The van der Waals surface area contributed by atoms with E-state index in [4.69, 9.17) is 4.74 Å². The number of carboxylic acids is 1. The third kappa shape index (κ3) is 4.67.